The quantitative estimate of drug-likeness (QED) is 0.763. The molecule has 0 aromatic carbocycles. The first-order valence-electron chi connectivity index (χ1n) is 4.42. The second-order valence-electron chi connectivity index (χ2n) is 3.89. The molecule has 1 amide bonds. The van der Waals surface area contributed by atoms with Gasteiger partial charge in [-0.05, 0) is 19.3 Å². The van der Waals surface area contributed by atoms with E-state index in [1.54, 1.807) is 0 Å². The fraction of sp³-hybridized carbons (Fsp3) is 0.875. The summed E-state index contributed by atoms with van der Waals surface area (Å²) in [7, 11) is -3.22. The standard InChI is InChI=1S/C8H14BrNO3S/c1-14(12,13)5-7(11)10-8(6-9)3-2-4-8/h2-6H2,1H3,(H,10,11). The molecule has 0 radical (unpaired) electrons. The third-order valence-corrected chi connectivity index (χ3v) is 4.22. The zero-order valence-corrected chi connectivity index (χ0v) is 10.4. The molecule has 0 aromatic rings. The summed E-state index contributed by atoms with van der Waals surface area (Å²) in [6, 6.07) is 0. The van der Waals surface area contributed by atoms with Crippen molar-refractivity contribution >= 4 is 31.7 Å². The lowest BCUT2D eigenvalue weighted by molar-refractivity contribution is -0.121. The molecule has 0 unspecified atom stereocenters. The van der Waals surface area contributed by atoms with Crippen LogP contribution in [0.1, 0.15) is 19.3 Å². The summed E-state index contributed by atoms with van der Waals surface area (Å²) in [5.74, 6) is -0.812. The molecule has 1 rings (SSSR count). The average Bonchev–Trinajstić information content (AvgIpc) is 1.93. The van der Waals surface area contributed by atoms with Crippen LogP contribution < -0.4 is 5.32 Å². The minimum absolute atomic E-state index is 0.193. The Labute approximate surface area is 92.5 Å². The molecule has 82 valence electrons. The highest BCUT2D eigenvalue weighted by molar-refractivity contribution is 9.09. The van der Waals surface area contributed by atoms with E-state index in [1.165, 1.54) is 0 Å². The van der Waals surface area contributed by atoms with Crippen LogP contribution >= 0.6 is 15.9 Å². The molecule has 14 heavy (non-hydrogen) atoms. The number of amides is 1. The van der Waals surface area contributed by atoms with Gasteiger partial charge < -0.3 is 5.32 Å². The predicted molar refractivity (Wildman–Crippen MR) is 58.2 cm³/mol. The molecule has 1 fully saturated rings. The highest BCUT2D eigenvalue weighted by Crippen LogP contribution is 2.33. The summed E-state index contributed by atoms with van der Waals surface area (Å²) < 4.78 is 21.7. The fourth-order valence-electron chi connectivity index (χ4n) is 1.47. The lowest BCUT2D eigenvalue weighted by atomic mass is 9.78. The van der Waals surface area contributed by atoms with Crippen LogP contribution in [0.25, 0.3) is 0 Å². The van der Waals surface area contributed by atoms with E-state index < -0.39 is 21.5 Å². The lowest BCUT2D eigenvalue weighted by Gasteiger charge is -2.41. The predicted octanol–water partition coefficient (Wildman–Crippen LogP) is 0.465. The van der Waals surface area contributed by atoms with E-state index in [0.717, 1.165) is 25.5 Å². The molecule has 1 N–H and O–H groups in total. The molecule has 1 aliphatic rings. The summed E-state index contributed by atoms with van der Waals surface area (Å²) in [6.45, 7) is 0. The topological polar surface area (TPSA) is 63.2 Å². The molecule has 0 saturated heterocycles. The van der Waals surface area contributed by atoms with Crippen molar-refractivity contribution in [3.63, 3.8) is 0 Å². The van der Waals surface area contributed by atoms with Crippen molar-refractivity contribution in [2.75, 3.05) is 17.3 Å². The summed E-state index contributed by atoms with van der Waals surface area (Å²) in [5, 5.41) is 3.46. The first kappa shape index (κ1) is 12.0. The van der Waals surface area contributed by atoms with E-state index in [0.29, 0.717) is 5.33 Å². The van der Waals surface area contributed by atoms with E-state index in [4.69, 9.17) is 0 Å². The van der Waals surface area contributed by atoms with Gasteiger partial charge in [0.2, 0.25) is 5.91 Å². The van der Waals surface area contributed by atoms with Gasteiger partial charge in [0.15, 0.2) is 9.84 Å². The largest absolute Gasteiger partial charge is 0.349 e. The van der Waals surface area contributed by atoms with Crippen molar-refractivity contribution in [1.82, 2.24) is 5.32 Å². The molecule has 6 heteroatoms. The fourth-order valence-corrected chi connectivity index (χ4v) is 2.71. The Hall–Kier alpha value is -0.100. The number of hydrogen-bond donors (Lipinski definition) is 1. The van der Waals surface area contributed by atoms with Crippen LogP contribution in [-0.2, 0) is 14.6 Å². The number of carbonyl (C=O) groups is 1. The monoisotopic (exact) mass is 283 g/mol. The van der Waals surface area contributed by atoms with Crippen molar-refractivity contribution < 1.29 is 13.2 Å². The minimum atomic E-state index is -3.22. The average molecular weight is 284 g/mol. The summed E-state index contributed by atoms with van der Waals surface area (Å²) in [5.41, 5.74) is -0.193. The van der Waals surface area contributed by atoms with E-state index in [1.807, 2.05) is 0 Å². The number of alkyl halides is 1. The highest BCUT2D eigenvalue weighted by atomic mass is 79.9. The maximum atomic E-state index is 11.3. The maximum absolute atomic E-state index is 11.3. The molecular weight excluding hydrogens is 270 g/mol. The van der Waals surface area contributed by atoms with Crippen LogP contribution in [0.5, 0.6) is 0 Å². The van der Waals surface area contributed by atoms with Crippen LogP contribution in [0.4, 0.5) is 0 Å². The first-order chi connectivity index (χ1) is 6.37. The Morgan fingerprint density at radius 1 is 1.50 bits per heavy atom. The number of nitrogens with one attached hydrogen (secondary N) is 1. The summed E-state index contributed by atoms with van der Waals surface area (Å²) in [4.78, 5) is 11.3. The van der Waals surface area contributed by atoms with Crippen LogP contribution in [0.2, 0.25) is 0 Å². The number of sulfone groups is 1. The third-order valence-electron chi connectivity index (χ3n) is 2.36. The van der Waals surface area contributed by atoms with Crippen molar-refractivity contribution in [3.05, 3.63) is 0 Å². The van der Waals surface area contributed by atoms with E-state index in [9.17, 15) is 13.2 Å². The molecule has 0 spiro atoms. The molecule has 0 aliphatic heterocycles. The maximum Gasteiger partial charge on any atom is 0.235 e. The minimum Gasteiger partial charge on any atom is -0.349 e. The van der Waals surface area contributed by atoms with Gasteiger partial charge in [-0.15, -0.1) is 0 Å². The van der Waals surface area contributed by atoms with Crippen LogP contribution in [0.15, 0.2) is 0 Å². The second-order valence-corrected chi connectivity index (χ2v) is 6.59. The van der Waals surface area contributed by atoms with Crippen LogP contribution in [0, 0.1) is 0 Å². The van der Waals surface area contributed by atoms with Crippen LogP contribution in [-0.4, -0.2) is 37.2 Å². The van der Waals surface area contributed by atoms with Gasteiger partial charge in [-0.25, -0.2) is 8.42 Å². The van der Waals surface area contributed by atoms with E-state index in [-0.39, 0.29) is 5.54 Å². The third kappa shape index (κ3) is 3.24. The smallest absolute Gasteiger partial charge is 0.235 e. The molecule has 0 aromatic heterocycles. The molecular formula is C8H14BrNO3S. The second kappa shape index (κ2) is 4.18. The van der Waals surface area contributed by atoms with Gasteiger partial charge in [0, 0.05) is 17.1 Å². The molecule has 0 bridgehead atoms. The zero-order valence-electron chi connectivity index (χ0n) is 8.05. The number of rotatable bonds is 4. The zero-order chi connectivity index (χ0) is 10.8. The molecule has 0 atom stereocenters. The van der Waals surface area contributed by atoms with E-state index >= 15 is 0 Å². The number of halogens is 1. The highest BCUT2D eigenvalue weighted by Gasteiger charge is 2.37. The normalized spacial score (nSPS) is 19.9. The van der Waals surface area contributed by atoms with Gasteiger partial charge in [-0.1, -0.05) is 15.9 Å². The Morgan fingerprint density at radius 3 is 2.36 bits per heavy atom. The summed E-state index contributed by atoms with van der Waals surface area (Å²) >= 11 is 3.33. The Balaban J connectivity index is 2.48. The van der Waals surface area contributed by atoms with Crippen molar-refractivity contribution in [1.29, 1.82) is 0 Å². The van der Waals surface area contributed by atoms with Gasteiger partial charge >= 0.3 is 0 Å². The number of hydrogen-bond acceptors (Lipinski definition) is 3. The van der Waals surface area contributed by atoms with Crippen molar-refractivity contribution in [2.24, 2.45) is 0 Å². The van der Waals surface area contributed by atoms with Gasteiger partial charge in [-0.2, -0.15) is 0 Å². The van der Waals surface area contributed by atoms with Gasteiger partial charge in [0.05, 0.1) is 0 Å². The van der Waals surface area contributed by atoms with Crippen molar-refractivity contribution in [3.8, 4) is 0 Å². The van der Waals surface area contributed by atoms with Gasteiger partial charge in [-0.3, -0.25) is 4.79 Å². The Kier molecular flexibility index (Phi) is 3.58. The first-order valence-corrected chi connectivity index (χ1v) is 7.60. The van der Waals surface area contributed by atoms with Crippen molar-refractivity contribution in [2.45, 2.75) is 24.8 Å². The van der Waals surface area contributed by atoms with Gasteiger partial charge in [0.1, 0.15) is 5.75 Å². The lowest BCUT2D eigenvalue weighted by Crippen LogP contribution is -2.56. The number of carbonyl (C=O) groups excluding carboxylic acids is 1. The summed E-state index contributed by atoms with van der Waals surface area (Å²) in [6.07, 6.45) is 4.00. The van der Waals surface area contributed by atoms with Gasteiger partial charge in [0.25, 0.3) is 0 Å². The molecule has 0 heterocycles. The molecule has 1 aliphatic carbocycles. The van der Waals surface area contributed by atoms with Crippen LogP contribution in [0.3, 0.4) is 0 Å². The SMILES string of the molecule is CS(=O)(=O)CC(=O)NC1(CBr)CCC1. The molecule has 1 saturated carbocycles. The van der Waals surface area contributed by atoms with E-state index in [2.05, 4.69) is 21.2 Å². The molecule has 4 nitrogen and oxygen atoms in total. The Morgan fingerprint density at radius 2 is 2.07 bits per heavy atom. The Bertz CT molecular complexity index is 316.